The van der Waals surface area contributed by atoms with Crippen molar-refractivity contribution in [2.75, 3.05) is 19.8 Å². The fraction of sp³-hybridized carbons (Fsp3) is 0.800. The van der Waals surface area contributed by atoms with Crippen LogP contribution in [0.15, 0.2) is 11.8 Å². The summed E-state index contributed by atoms with van der Waals surface area (Å²) in [5, 5.41) is 0. The molecule has 0 aromatic carbocycles. The number of hydrogen-bond acceptors (Lipinski definition) is 4. The zero-order valence-electron chi connectivity index (χ0n) is 8.79. The van der Waals surface area contributed by atoms with Crippen LogP contribution in [0.2, 0.25) is 0 Å². The lowest BCUT2D eigenvalue weighted by molar-refractivity contribution is 0.115. The Morgan fingerprint density at radius 3 is 3.14 bits per heavy atom. The first kappa shape index (κ1) is 11.5. The van der Waals surface area contributed by atoms with Gasteiger partial charge in [0.25, 0.3) is 0 Å². The normalized spacial score (nSPS) is 18.6. The van der Waals surface area contributed by atoms with Crippen LogP contribution in [-0.2, 0) is 9.47 Å². The number of rotatable bonds is 6. The molecule has 1 atom stereocenters. The first-order valence-electron chi connectivity index (χ1n) is 5.23. The molecule has 0 amide bonds. The molecule has 0 aromatic rings. The van der Waals surface area contributed by atoms with Crippen molar-refractivity contribution in [1.29, 1.82) is 0 Å². The molecule has 1 unspecified atom stereocenters. The van der Waals surface area contributed by atoms with E-state index in [2.05, 4.69) is 12.3 Å². The molecule has 1 heterocycles. The van der Waals surface area contributed by atoms with Crippen molar-refractivity contribution in [1.82, 2.24) is 5.43 Å². The summed E-state index contributed by atoms with van der Waals surface area (Å²) < 4.78 is 10.7. The largest absolute Gasteiger partial charge is 0.501 e. The van der Waals surface area contributed by atoms with Crippen molar-refractivity contribution in [3.8, 4) is 0 Å². The molecule has 14 heavy (non-hydrogen) atoms. The van der Waals surface area contributed by atoms with Gasteiger partial charge in [-0.05, 0) is 24.8 Å². The second-order valence-electron chi connectivity index (χ2n) is 3.46. The molecule has 0 saturated heterocycles. The second-order valence-corrected chi connectivity index (χ2v) is 3.46. The van der Waals surface area contributed by atoms with Crippen LogP contribution in [0.3, 0.4) is 0 Å². The van der Waals surface area contributed by atoms with Gasteiger partial charge in [-0.1, -0.05) is 6.92 Å². The third-order valence-corrected chi connectivity index (χ3v) is 2.24. The summed E-state index contributed by atoms with van der Waals surface area (Å²) >= 11 is 0. The monoisotopic (exact) mass is 200 g/mol. The van der Waals surface area contributed by atoms with Gasteiger partial charge < -0.3 is 9.47 Å². The highest BCUT2D eigenvalue weighted by atomic mass is 16.5. The molecule has 0 aromatic heterocycles. The minimum atomic E-state index is 0.0989. The third kappa shape index (κ3) is 3.65. The molecule has 4 heteroatoms. The van der Waals surface area contributed by atoms with Crippen molar-refractivity contribution in [2.45, 2.75) is 32.2 Å². The molecular formula is C10H20N2O2. The molecule has 0 saturated carbocycles. The number of hydrazine groups is 1. The van der Waals surface area contributed by atoms with E-state index in [1.165, 1.54) is 5.57 Å². The van der Waals surface area contributed by atoms with Crippen molar-refractivity contribution in [3.05, 3.63) is 11.8 Å². The smallest absolute Gasteiger partial charge is 0.0876 e. The summed E-state index contributed by atoms with van der Waals surface area (Å²) in [6.45, 7) is 4.32. The lowest BCUT2D eigenvalue weighted by Crippen LogP contribution is -2.40. The van der Waals surface area contributed by atoms with Gasteiger partial charge in [0, 0.05) is 6.61 Å². The van der Waals surface area contributed by atoms with Crippen LogP contribution in [0.25, 0.3) is 0 Å². The molecule has 1 rings (SSSR count). The zero-order valence-corrected chi connectivity index (χ0v) is 8.79. The van der Waals surface area contributed by atoms with Crippen LogP contribution in [0, 0.1) is 0 Å². The first-order chi connectivity index (χ1) is 6.88. The molecule has 3 N–H and O–H groups in total. The van der Waals surface area contributed by atoms with Crippen LogP contribution in [0.1, 0.15) is 26.2 Å². The summed E-state index contributed by atoms with van der Waals surface area (Å²) in [4.78, 5) is 0. The van der Waals surface area contributed by atoms with Crippen molar-refractivity contribution in [2.24, 2.45) is 5.84 Å². The molecule has 0 radical (unpaired) electrons. The fourth-order valence-corrected chi connectivity index (χ4v) is 1.45. The van der Waals surface area contributed by atoms with Gasteiger partial charge in [0.15, 0.2) is 0 Å². The van der Waals surface area contributed by atoms with E-state index < -0.39 is 0 Å². The predicted molar refractivity (Wildman–Crippen MR) is 55.5 cm³/mol. The van der Waals surface area contributed by atoms with Gasteiger partial charge >= 0.3 is 0 Å². The molecule has 0 bridgehead atoms. The van der Waals surface area contributed by atoms with E-state index in [0.29, 0.717) is 6.61 Å². The van der Waals surface area contributed by atoms with E-state index >= 15 is 0 Å². The Hall–Kier alpha value is -0.580. The Kier molecular flexibility index (Phi) is 5.59. The standard InChI is InChI=1S/C10H20N2O2/c1-2-5-13-8-10(12-11)9-4-3-6-14-7-9/h7,10,12H,2-6,8,11H2,1H3. The topological polar surface area (TPSA) is 56.5 Å². The van der Waals surface area contributed by atoms with Gasteiger partial charge in [0.1, 0.15) is 0 Å². The highest BCUT2D eigenvalue weighted by Gasteiger charge is 2.15. The third-order valence-electron chi connectivity index (χ3n) is 2.24. The Balaban J connectivity index is 2.32. The van der Waals surface area contributed by atoms with E-state index in [1.807, 2.05) is 6.26 Å². The average molecular weight is 200 g/mol. The van der Waals surface area contributed by atoms with E-state index in [-0.39, 0.29) is 6.04 Å². The van der Waals surface area contributed by atoms with Crippen molar-refractivity contribution >= 4 is 0 Å². The van der Waals surface area contributed by atoms with Crippen LogP contribution >= 0.6 is 0 Å². The summed E-state index contributed by atoms with van der Waals surface area (Å²) in [7, 11) is 0. The van der Waals surface area contributed by atoms with Crippen molar-refractivity contribution in [3.63, 3.8) is 0 Å². The summed E-state index contributed by atoms with van der Waals surface area (Å²) in [6, 6.07) is 0.0989. The van der Waals surface area contributed by atoms with E-state index in [1.54, 1.807) is 0 Å². The molecule has 0 fully saturated rings. The first-order valence-corrected chi connectivity index (χ1v) is 5.23. The minimum absolute atomic E-state index is 0.0989. The fourth-order valence-electron chi connectivity index (χ4n) is 1.45. The molecule has 82 valence electrons. The zero-order chi connectivity index (χ0) is 10.2. The molecule has 0 spiro atoms. The minimum Gasteiger partial charge on any atom is -0.501 e. The van der Waals surface area contributed by atoms with E-state index in [0.717, 1.165) is 32.5 Å². The highest BCUT2D eigenvalue weighted by Crippen LogP contribution is 2.15. The Morgan fingerprint density at radius 1 is 1.71 bits per heavy atom. The van der Waals surface area contributed by atoms with Crippen LogP contribution < -0.4 is 11.3 Å². The molecule has 1 aliphatic rings. The van der Waals surface area contributed by atoms with Crippen LogP contribution in [-0.4, -0.2) is 25.9 Å². The second kappa shape index (κ2) is 6.81. The lowest BCUT2D eigenvalue weighted by Gasteiger charge is -2.22. The molecular weight excluding hydrogens is 180 g/mol. The van der Waals surface area contributed by atoms with Crippen LogP contribution in [0.5, 0.6) is 0 Å². The Bertz CT molecular complexity index is 183. The maximum atomic E-state index is 5.46. The predicted octanol–water partition coefficient (Wildman–Crippen LogP) is 0.939. The number of nitrogens with one attached hydrogen (secondary N) is 1. The SMILES string of the molecule is CCCOCC(NN)C1=COCCC1. The summed E-state index contributed by atoms with van der Waals surface area (Å²) in [5.74, 6) is 5.46. The quantitative estimate of drug-likeness (QED) is 0.380. The van der Waals surface area contributed by atoms with E-state index in [4.69, 9.17) is 15.3 Å². The molecule has 1 aliphatic heterocycles. The number of nitrogens with two attached hydrogens (primary N) is 1. The van der Waals surface area contributed by atoms with Gasteiger partial charge in [0.05, 0.1) is 25.5 Å². The van der Waals surface area contributed by atoms with Gasteiger partial charge in [0.2, 0.25) is 0 Å². The highest BCUT2D eigenvalue weighted by molar-refractivity contribution is 5.09. The Labute approximate surface area is 85.4 Å². The maximum Gasteiger partial charge on any atom is 0.0876 e. The Morgan fingerprint density at radius 2 is 2.57 bits per heavy atom. The molecule has 0 aliphatic carbocycles. The average Bonchev–Trinajstić information content (AvgIpc) is 2.26. The van der Waals surface area contributed by atoms with Crippen molar-refractivity contribution < 1.29 is 9.47 Å². The van der Waals surface area contributed by atoms with Gasteiger partial charge in [-0.15, -0.1) is 0 Å². The van der Waals surface area contributed by atoms with Gasteiger partial charge in [-0.3, -0.25) is 11.3 Å². The summed E-state index contributed by atoms with van der Waals surface area (Å²) in [6.07, 6.45) is 4.96. The number of hydrogen-bond donors (Lipinski definition) is 2. The van der Waals surface area contributed by atoms with Crippen LogP contribution in [0.4, 0.5) is 0 Å². The number of ether oxygens (including phenoxy) is 2. The van der Waals surface area contributed by atoms with Gasteiger partial charge in [-0.25, -0.2) is 0 Å². The maximum absolute atomic E-state index is 5.46. The molecule has 4 nitrogen and oxygen atoms in total. The summed E-state index contributed by atoms with van der Waals surface area (Å²) in [5.41, 5.74) is 3.96. The van der Waals surface area contributed by atoms with Gasteiger partial charge in [-0.2, -0.15) is 0 Å². The van der Waals surface area contributed by atoms with E-state index in [9.17, 15) is 0 Å². The lowest BCUT2D eigenvalue weighted by atomic mass is 10.0.